The van der Waals surface area contributed by atoms with Crippen LogP contribution in [0.15, 0.2) is 34.9 Å². The number of benzene rings is 1. The highest BCUT2D eigenvalue weighted by Gasteiger charge is 2.30. The minimum absolute atomic E-state index is 0.00862. The van der Waals surface area contributed by atoms with Gasteiger partial charge in [-0.25, -0.2) is 4.98 Å². The van der Waals surface area contributed by atoms with Crippen LogP contribution < -0.4 is 5.32 Å². The molecule has 2 aromatic heterocycles. The van der Waals surface area contributed by atoms with E-state index in [1.165, 1.54) is 42.7 Å². The Kier molecular flexibility index (Phi) is 5.35. The molecule has 0 spiro atoms. The van der Waals surface area contributed by atoms with Crippen molar-refractivity contribution in [3.63, 3.8) is 0 Å². The summed E-state index contributed by atoms with van der Waals surface area (Å²) in [6.45, 7) is 0. The molecule has 1 saturated carbocycles. The van der Waals surface area contributed by atoms with E-state index in [0.717, 1.165) is 36.2 Å². The smallest absolute Gasteiger partial charge is 0.416 e. The zero-order chi connectivity index (χ0) is 20.4. The summed E-state index contributed by atoms with van der Waals surface area (Å²) in [6, 6.07) is 4.37. The van der Waals surface area contributed by atoms with Gasteiger partial charge in [0.15, 0.2) is 5.69 Å². The molecule has 152 valence electrons. The number of amides is 1. The molecule has 3 aromatic rings. The van der Waals surface area contributed by atoms with Crippen LogP contribution in [0.3, 0.4) is 0 Å². The molecule has 1 amide bonds. The zero-order valence-electron chi connectivity index (χ0n) is 15.2. The highest BCUT2D eigenvalue weighted by Crippen LogP contribution is 2.35. The molecule has 4 rings (SSSR count). The minimum atomic E-state index is -4.42. The van der Waals surface area contributed by atoms with E-state index in [1.54, 1.807) is 0 Å². The summed E-state index contributed by atoms with van der Waals surface area (Å²) in [7, 11) is 0. The Balaban J connectivity index is 1.43. The fourth-order valence-electron chi connectivity index (χ4n) is 3.27. The van der Waals surface area contributed by atoms with Crippen LogP contribution in [0, 0.1) is 0 Å². The number of halogens is 3. The van der Waals surface area contributed by atoms with Crippen molar-refractivity contribution in [2.75, 3.05) is 5.32 Å². The molecule has 0 unspecified atom stereocenters. The van der Waals surface area contributed by atoms with Gasteiger partial charge in [-0.3, -0.25) is 10.1 Å². The molecule has 0 saturated heterocycles. The van der Waals surface area contributed by atoms with Crippen LogP contribution in [-0.4, -0.2) is 21.1 Å². The summed E-state index contributed by atoms with van der Waals surface area (Å²) in [5, 5.41) is 12.2. The number of nitrogens with one attached hydrogen (secondary N) is 1. The first-order valence-electron chi connectivity index (χ1n) is 9.18. The lowest BCUT2D eigenvalue weighted by molar-refractivity contribution is -0.137. The molecule has 0 radical (unpaired) electrons. The lowest BCUT2D eigenvalue weighted by Gasteiger charge is -2.18. The van der Waals surface area contributed by atoms with E-state index in [4.69, 9.17) is 4.42 Å². The number of nitrogens with zero attached hydrogens (tertiary/aromatic N) is 3. The van der Waals surface area contributed by atoms with Gasteiger partial charge in [0, 0.05) is 11.5 Å². The summed E-state index contributed by atoms with van der Waals surface area (Å²) in [5.74, 6) is -0.0625. The van der Waals surface area contributed by atoms with Crippen LogP contribution >= 0.6 is 11.3 Å². The molecule has 1 N–H and O–H groups in total. The lowest BCUT2D eigenvalue weighted by atomic mass is 9.90. The first kappa shape index (κ1) is 19.6. The van der Waals surface area contributed by atoms with Crippen molar-refractivity contribution in [3.8, 4) is 11.5 Å². The van der Waals surface area contributed by atoms with Crippen LogP contribution in [0.1, 0.15) is 59.1 Å². The van der Waals surface area contributed by atoms with Gasteiger partial charge in [0.1, 0.15) is 11.3 Å². The number of aromatic nitrogens is 3. The van der Waals surface area contributed by atoms with Gasteiger partial charge in [0.25, 0.3) is 5.91 Å². The molecule has 1 aromatic carbocycles. The van der Waals surface area contributed by atoms with E-state index in [2.05, 4.69) is 20.5 Å². The van der Waals surface area contributed by atoms with E-state index < -0.39 is 17.6 Å². The maximum absolute atomic E-state index is 12.7. The van der Waals surface area contributed by atoms with Crippen molar-refractivity contribution >= 4 is 22.4 Å². The Bertz CT molecular complexity index is 992. The number of alkyl halides is 3. The Labute approximate surface area is 168 Å². The molecule has 0 bridgehead atoms. The van der Waals surface area contributed by atoms with Crippen LogP contribution in [-0.2, 0) is 6.18 Å². The Morgan fingerprint density at radius 1 is 1.10 bits per heavy atom. The summed E-state index contributed by atoms with van der Waals surface area (Å²) < 4.78 is 43.2. The van der Waals surface area contributed by atoms with E-state index >= 15 is 0 Å². The van der Waals surface area contributed by atoms with E-state index in [9.17, 15) is 18.0 Å². The number of oxazole rings is 1. The predicted octanol–water partition coefficient (Wildman–Crippen LogP) is 5.51. The first-order valence-corrected chi connectivity index (χ1v) is 10.00. The van der Waals surface area contributed by atoms with Gasteiger partial charge in [-0.1, -0.05) is 30.6 Å². The molecule has 1 aliphatic carbocycles. The topological polar surface area (TPSA) is 80.9 Å². The average Bonchev–Trinajstić information content (AvgIpc) is 3.38. The summed E-state index contributed by atoms with van der Waals surface area (Å²) in [4.78, 5) is 16.4. The molecule has 29 heavy (non-hydrogen) atoms. The fraction of sp³-hybridized carbons (Fsp3) is 0.368. The van der Waals surface area contributed by atoms with Gasteiger partial charge in [-0.15, -0.1) is 10.2 Å². The molecule has 0 atom stereocenters. The van der Waals surface area contributed by atoms with Gasteiger partial charge < -0.3 is 4.42 Å². The monoisotopic (exact) mass is 422 g/mol. The zero-order valence-corrected chi connectivity index (χ0v) is 16.0. The fourth-order valence-corrected chi connectivity index (χ4v) is 4.18. The summed E-state index contributed by atoms with van der Waals surface area (Å²) >= 11 is 1.35. The molecule has 2 heterocycles. The highest BCUT2D eigenvalue weighted by atomic mass is 32.1. The minimum Gasteiger partial charge on any atom is -0.444 e. The number of rotatable bonds is 4. The van der Waals surface area contributed by atoms with Gasteiger partial charge in [0.05, 0.1) is 5.56 Å². The standard InChI is InChI=1S/C19H17F3N4O2S/c20-19(21,22)13-8-6-11(7-9-13)16-23-14(10-28-16)15(27)24-18-26-25-17(29-18)12-4-2-1-3-5-12/h6-10,12H,1-5H2,(H,24,26,27). The van der Waals surface area contributed by atoms with E-state index in [1.807, 2.05) is 0 Å². The third-order valence-corrected chi connectivity index (χ3v) is 5.81. The lowest BCUT2D eigenvalue weighted by Crippen LogP contribution is -2.12. The van der Waals surface area contributed by atoms with Crippen molar-refractivity contribution in [1.29, 1.82) is 0 Å². The molecular weight excluding hydrogens is 405 g/mol. The third-order valence-electron chi connectivity index (χ3n) is 4.81. The number of hydrogen-bond donors (Lipinski definition) is 1. The highest BCUT2D eigenvalue weighted by molar-refractivity contribution is 7.15. The maximum atomic E-state index is 12.7. The third kappa shape index (κ3) is 4.47. The van der Waals surface area contributed by atoms with Crippen molar-refractivity contribution < 1.29 is 22.4 Å². The molecule has 0 aliphatic heterocycles. The van der Waals surface area contributed by atoms with Crippen LogP contribution in [0.2, 0.25) is 0 Å². The molecule has 1 aliphatic rings. The normalized spacial score (nSPS) is 15.4. The average molecular weight is 422 g/mol. The Hall–Kier alpha value is -2.75. The predicted molar refractivity (Wildman–Crippen MR) is 101 cm³/mol. The molecular formula is C19H17F3N4O2S. The number of anilines is 1. The van der Waals surface area contributed by atoms with Crippen molar-refractivity contribution in [2.45, 2.75) is 44.2 Å². The summed E-state index contributed by atoms with van der Waals surface area (Å²) in [5.41, 5.74) is -0.419. The SMILES string of the molecule is O=C(Nc1nnc(C2CCCCC2)s1)c1coc(-c2ccc(C(F)(F)F)cc2)n1. The van der Waals surface area contributed by atoms with Crippen molar-refractivity contribution in [1.82, 2.24) is 15.2 Å². The molecule has 6 nitrogen and oxygen atoms in total. The van der Waals surface area contributed by atoms with Crippen molar-refractivity contribution in [3.05, 3.63) is 46.8 Å². The second-order valence-electron chi connectivity index (χ2n) is 6.85. The van der Waals surface area contributed by atoms with E-state index in [0.29, 0.717) is 16.6 Å². The van der Waals surface area contributed by atoms with Crippen LogP contribution in [0.25, 0.3) is 11.5 Å². The number of hydrogen-bond acceptors (Lipinski definition) is 6. The quantitative estimate of drug-likeness (QED) is 0.599. The molecule has 10 heteroatoms. The van der Waals surface area contributed by atoms with Crippen LogP contribution in [0.4, 0.5) is 18.3 Å². The van der Waals surface area contributed by atoms with Gasteiger partial charge >= 0.3 is 6.18 Å². The first-order chi connectivity index (χ1) is 13.9. The Morgan fingerprint density at radius 2 is 1.83 bits per heavy atom. The van der Waals surface area contributed by atoms with Crippen molar-refractivity contribution in [2.24, 2.45) is 0 Å². The van der Waals surface area contributed by atoms with Gasteiger partial charge in [-0.2, -0.15) is 13.2 Å². The van der Waals surface area contributed by atoms with Gasteiger partial charge in [0.2, 0.25) is 11.0 Å². The number of carbonyl (C=O) groups is 1. The largest absolute Gasteiger partial charge is 0.444 e. The second kappa shape index (κ2) is 7.94. The second-order valence-corrected chi connectivity index (χ2v) is 7.86. The molecule has 1 fully saturated rings. The number of carbonyl (C=O) groups excluding carboxylic acids is 1. The van der Waals surface area contributed by atoms with Crippen LogP contribution in [0.5, 0.6) is 0 Å². The van der Waals surface area contributed by atoms with Gasteiger partial charge in [-0.05, 0) is 37.1 Å². The van der Waals surface area contributed by atoms with E-state index in [-0.39, 0.29) is 11.6 Å². The maximum Gasteiger partial charge on any atom is 0.416 e. The summed E-state index contributed by atoms with van der Waals surface area (Å²) in [6.07, 6.45) is 2.51. The Morgan fingerprint density at radius 3 is 2.52 bits per heavy atom.